The Bertz CT molecular complexity index is 583. The third-order valence-electron chi connectivity index (χ3n) is 3.56. The number of nitrogens with zero attached hydrogens (tertiary/aromatic N) is 1. The quantitative estimate of drug-likeness (QED) is 0.767. The fourth-order valence-electron chi connectivity index (χ4n) is 2.62. The van der Waals surface area contributed by atoms with Crippen molar-refractivity contribution in [3.63, 3.8) is 0 Å². The van der Waals surface area contributed by atoms with Gasteiger partial charge in [0.1, 0.15) is 10.6 Å². The summed E-state index contributed by atoms with van der Waals surface area (Å²) in [4.78, 5) is 2.39. The Morgan fingerprint density at radius 2 is 2.05 bits per heavy atom. The van der Waals surface area contributed by atoms with Gasteiger partial charge in [0.05, 0.1) is 7.11 Å². The summed E-state index contributed by atoms with van der Waals surface area (Å²) < 4.78 is 32.7. The highest BCUT2D eigenvalue weighted by molar-refractivity contribution is 7.89. The zero-order valence-corrected chi connectivity index (χ0v) is 13.3. The molecule has 0 aliphatic carbocycles. The molecule has 0 amide bonds. The molecule has 6 nitrogen and oxygen atoms in total. The summed E-state index contributed by atoms with van der Waals surface area (Å²) in [7, 11) is -2.19. The summed E-state index contributed by atoms with van der Waals surface area (Å²) in [5, 5.41) is 0. The highest BCUT2D eigenvalue weighted by Crippen LogP contribution is 2.26. The Labute approximate surface area is 126 Å². The van der Waals surface area contributed by atoms with E-state index < -0.39 is 10.0 Å². The van der Waals surface area contributed by atoms with E-state index in [-0.39, 0.29) is 16.7 Å². The normalized spacial score (nSPS) is 17.8. The van der Waals surface area contributed by atoms with E-state index in [1.165, 1.54) is 32.1 Å². The standard InChI is InChI=1S/C14H23N3O3S/c1-11(10-17-7-3-4-8-17)16-21(18,19)14-6-5-12(15)9-13(14)20-2/h5-6,9,11,16H,3-4,7-8,10,15H2,1-2H3. The molecule has 0 saturated carbocycles. The molecule has 2 rings (SSSR count). The van der Waals surface area contributed by atoms with Gasteiger partial charge in [-0.2, -0.15) is 0 Å². The number of benzene rings is 1. The van der Waals surface area contributed by atoms with Gasteiger partial charge in [0.15, 0.2) is 0 Å². The van der Waals surface area contributed by atoms with Crippen molar-refractivity contribution in [1.82, 2.24) is 9.62 Å². The third kappa shape index (κ3) is 4.09. The second kappa shape index (κ2) is 6.64. The van der Waals surface area contributed by atoms with E-state index in [4.69, 9.17) is 10.5 Å². The molecule has 1 atom stereocenters. The van der Waals surface area contributed by atoms with E-state index in [0.29, 0.717) is 5.69 Å². The van der Waals surface area contributed by atoms with E-state index in [0.717, 1.165) is 19.6 Å². The molecule has 0 radical (unpaired) electrons. The van der Waals surface area contributed by atoms with Crippen LogP contribution in [0.4, 0.5) is 5.69 Å². The number of rotatable bonds is 6. The van der Waals surface area contributed by atoms with E-state index in [9.17, 15) is 8.42 Å². The molecule has 1 aliphatic rings. The maximum Gasteiger partial charge on any atom is 0.244 e. The number of nitrogens with two attached hydrogens (primary N) is 1. The first-order valence-corrected chi connectivity index (χ1v) is 8.59. The fraction of sp³-hybridized carbons (Fsp3) is 0.571. The van der Waals surface area contributed by atoms with Crippen LogP contribution in [-0.4, -0.2) is 46.1 Å². The van der Waals surface area contributed by atoms with Crippen molar-refractivity contribution in [2.24, 2.45) is 0 Å². The van der Waals surface area contributed by atoms with Crippen molar-refractivity contribution in [2.75, 3.05) is 32.5 Å². The Hall–Kier alpha value is -1.31. The predicted molar refractivity (Wildman–Crippen MR) is 82.9 cm³/mol. The van der Waals surface area contributed by atoms with Gasteiger partial charge in [0.2, 0.25) is 10.0 Å². The van der Waals surface area contributed by atoms with Crippen molar-refractivity contribution in [3.05, 3.63) is 18.2 Å². The van der Waals surface area contributed by atoms with Gasteiger partial charge in [0.25, 0.3) is 0 Å². The van der Waals surface area contributed by atoms with E-state index in [2.05, 4.69) is 9.62 Å². The first kappa shape index (κ1) is 16.1. The number of anilines is 1. The molecule has 1 aromatic carbocycles. The molecular formula is C14H23N3O3S. The molecule has 1 heterocycles. The summed E-state index contributed by atoms with van der Waals surface area (Å²) in [5.41, 5.74) is 6.12. The summed E-state index contributed by atoms with van der Waals surface area (Å²) in [5.74, 6) is 0.260. The van der Waals surface area contributed by atoms with Crippen LogP contribution in [0.2, 0.25) is 0 Å². The third-order valence-corrected chi connectivity index (χ3v) is 5.19. The molecule has 1 aromatic rings. The largest absolute Gasteiger partial charge is 0.495 e. The van der Waals surface area contributed by atoms with Crippen molar-refractivity contribution in [2.45, 2.75) is 30.7 Å². The van der Waals surface area contributed by atoms with Gasteiger partial charge >= 0.3 is 0 Å². The van der Waals surface area contributed by atoms with Crippen LogP contribution in [0.1, 0.15) is 19.8 Å². The Kier molecular flexibility index (Phi) is 5.08. The maximum atomic E-state index is 12.5. The first-order chi connectivity index (χ1) is 9.92. The highest BCUT2D eigenvalue weighted by Gasteiger charge is 2.23. The van der Waals surface area contributed by atoms with Crippen LogP contribution in [0.25, 0.3) is 0 Å². The number of sulfonamides is 1. The number of methoxy groups -OCH3 is 1. The van der Waals surface area contributed by atoms with E-state index >= 15 is 0 Å². The molecule has 0 bridgehead atoms. The monoisotopic (exact) mass is 313 g/mol. The molecule has 118 valence electrons. The zero-order valence-electron chi connectivity index (χ0n) is 12.5. The van der Waals surface area contributed by atoms with Crippen molar-refractivity contribution in [3.8, 4) is 5.75 Å². The molecule has 3 N–H and O–H groups in total. The second-order valence-electron chi connectivity index (χ2n) is 5.44. The number of ether oxygens (including phenoxy) is 1. The van der Waals surface area contributed by atoms with Gasteiger partial charge < -0.3 is 15.4 Å². The van der Waals surface area contributed by atoms with Gasteiger partial charge in [-0.3, -0.25) is 0 Å². The molecular weight excluding hydrogens is 290 g/mol. The van der Waals surface area contributed by atoms with E-state index in [1.54, 1.807) is 6.07 Å². The van der Waals surface area contributed by atoms with Crippen molar-refractivity contribution in [1.29, 1.82) is 0 Å². The molecule has 21 heavy (non-hydrogen) atoms. The lowest BCUT2D eigenvalue weighted by molar-refractivity contribution is 0.312. The smallest absolute Gasteiger partial charge is 0.244 e. The second-order valence-corrected chi connectivity index (χ2v) is 7.12. The maximum absolute atomic E-state index is 12.5. The summed E-state index contributed by atoms with van der Waals surface area (Å²) >= 11 is 0. The van der Waals surface area contributed by atoms with Gasteiger partial charge in [-0.05, 0) is 45.0 Å². The number of likely N-dealkylation sites (tertiary alicyclic amines) is 1. The fourth-order valence-corrected chi connectivity index (χ4v) is 4.01. The molecule has 1 unspecified atom stereocenters. The van der Waals surface area contributed by atoms with Crippen molar-refractivity contribution < 1.29 is 13.2 Å². The number of hydrogen-bond acceptors (Lipinski definition) is 5. The number of hydrogen-bond donors (Lipinski definition) is 2. The number of nitrogens with one attached hydrogen (secondary N) is 1. The topological polar surface area (TPSA) is 84.7 Å². The van der Waals surface area contributed by atoms with Crippen LogP contribution in [-0.2, 0) is 10.0 Å². The summed E-state index contributed by atoms with van der Waals surface area (Å²) in [6.07, 6.45) is 2.37. The van der Waals surface area contributed by atoms with Crippen LogP contribution in [0.5, 0.6) is 5.75 Å². The van der Waals surface area contributed by atoms with Crippen molar-refractivity contribution >= 4 is 15.7 Å². The lowest BCUT2D eigenvalue weighted by Gasteiger charge is -2.21. The van der Waals surface area contributed by atoms with Gasteiger partial charge in [0, 0.05) is 24.3 Å². The zero-order chi connectivity index (χ0) is 15.5. The number of nitrogen functional groups attached to an aromatic ring is 1. The summed E-state index contributed by atoms with van der Waals surface area (Å²) in [6.45, 7) is 4.67. The SMILES string of the molecule is COc1cc(N)ccc1S(=O)(=O)NC(C)CN1CCCC1. The van der Waals surface area contributed by atoms with Crippen LogP contribution in [0.15, 0.2) is 23.1 Å². The Balaban J connectivity index is 2.10. The lowest BCUT2D eigenvalue weighted by atomic mass is 10.3. The lowest BCUT2D eigenvalue weighted by Crippen LogP contribution is -2.41. The highest BCUT2D eigenvalue weighted by atomic mass is 32.2. The minimum atomic E-state index is -3.62. The molecule has 0 aromatic heterocycles. The minimum Gasteiger partial charge on any atom is -0.495 e. The average Bonchev–Trinajstić information content (AvgIpc) is 2.90. The van der Waals surface area contributed by atoms with Gasteiger partial charge in [-0.1, -0.05) is 0 Å². The van der Waals surface area contributed by atoms with Crippen LogP contribution in [0, 0.1) is 0 Å². The average molecular weight is 313 g/mol. The summed E-state index contributed by atoms with van der Waals surface area (Å²) in [6, 6.07) is 4.39. The molecule has 1 saturated heterocycles. The molecule has 0 spiro atoms. The van der Waals surface area contributed by atoms with Crippen LogP contribution < -0.4 is 15.2 Å². The van der Waals surface area contributed by atoms with Crippen LogP contribution in [0.3, 0.4) is 0 Å². The van der Waals surface area contributed by atoms with Gasteiger partial charge in [-0.15, -0.1) is 0 Å². The van der Waals surface area contributed by atoms with Gasteiger partial charge in [-0.25, -0.2) is 13.1 Å². The minimum absolute atomic E-state index is 0.118. The van der Waals surface area contributed by atoms with E-state index in [1.807, 2.05) is 6.92 Å². The Morgan fingerprint density at radius 3 is 2.67 bits per heavy atom. The molecule has 7 heteroatoms. The van der Waals surface area contributed by atoms with Crippen LogP contribution >= 0.6 is 0 Å². The predicted octanol–water partition coefficient (Wildman–Crippen LogP) is 1.04. The molecule has 1 fully saturated rings. The molecule has 1 aliphatic heterocycles. The Morgan fingerprint density at radius 1 is 1.38 bits per heavy atom. The first-order valence-electron chi connectivity index (χ1n) is 7.10.